The molecule has 0 spiro atoms. The SMILES string of the molecule is CC/C=C\C/C=C\C/C=C\C/C=C\C/C=C\C=C/C(O)CCC(=O)OC[C@@H](O)COC(=O)CCCCCCCCCCCCC(C)C. The van der Waals surface area contributed by atoms with Crippen molar-refractivity contribution in [3.05, 3.63) is 72.9 Å². The Morgan fingerprint density at radius 1 is 0.553 bits per heavy atom. The van der Waals surface area contributed by atoms with Gasteiger partial charge < -0.3 is 19.7 Å². The zero-order chi connectivity index (χ0) is 34.6. The molecule has 0 radical (unpaired) electrons. The molecule has 2 atom stereocenters. The van der Waals surface area contributed by atoms with Crippen molar-refractivity contribution in [3.8, 4) is 0 Å². The lowest BCUT2D eigenvalue weighted by atomic mass is 10.0. The average molecular weight is 657 g/mol. The van der Waals surface area contributed by atoms with E-state index in [1.165, 1.54) is 51.4 Å². The van der Waals surface area contributed by atoms with Crippen LogP contribution < -0.4 is 0 Å². The molecule has 0 bridgehead atoms. The Kier molecular flexibility index (Phi) is 32.6. The maximum atomic E-state index is 12.0. The molecular formula is C41H68O6. The first-order valence-corrected chi connectivity index (χ1v) is 18.5. The van der Waals surface area contributed by atoms with Gasteiger partial charge in [0.1, 0.15) is 19.3 Å². The van der Waals surface area contributed by atoms with Crippen molar-refractivity contribution < 1.29 is 29.3 Å². The van der Waals surface area contributed by atoms with Gasteiger partial charge in [-0.3, -0.25) is 9.59 Å². The number of carbonyl (C=O) groups excluding carboxylic acids is 2. The third kappa shape index (κ3) is 36.0. The molecule has 0 aromatic carbocycles. The molecule has 2 N–H and O–H groups in total. The molecule has 0 rings (SSSR count). The minimum atomic E-state index is -1.06. The fraction of sp³-hybridized carbons (Fsp3) is 0.659. The van der Waals surface area contributed by atoms with Crippen LogP contribution >= 0.6 is 0 Å². The number of carbonyl (C=O) groups is 2. The van der Waals surface area contributed by atoms with E-state index in [-0.39, 0.29) is 32.0 Å². The second-order valence-corrected chi connectivity index (χ2v) is 12.6. The summed E-state index contributed by atoms with van der Waals surface area (Å²) >= 11 is 0. The lowest BCUT2D eigenvalue weighted by Gasteiger charge is -2.12. The van der Waals surface area contributed by atoms with Gasteiger partial charge in [0.05, 0.1) is 6.10 Å². The van der Waals surface area contributed by atoms with Crippen LogP contribution in [-0.2, 0) is 19.1 Å². The van der Waals surface area contributed by atoms with Crippen LogP contribution in [0, 0.1) is 5.92 Å². The molecule has 0 amide bonds. The van der Waals surface area contributed by atoms with Crippen molar-refractivity contribution in [1.82, 2.24) is 0 Å². The van der Waals surface area contributed by atoms with Crippen molar-refractivity contribution in [2.45, 2.75) is 155 Å². The quantitative estimate of drug-likeness (QED) is 0.0334. The molecule has 0 aromatic rings. The van der Waals surface area contributed by atoms with E-state index in [1.54, 1.807) is 12.2 Å². The van der Waals surface area contributed by atoms with Crippen LogP contribution in [0.1, 0.15) is 143 Å². The molecule has 268 valence electrons. The smallest absolute Gasteiger partial charge is 0.305 e. The molecule has 0 aliphatic heterocycles. The highest BCUT2D eigenvalue weighted by atomic mass is 16.6. The van der Waals surface area contributed by atoms with Crippen molar-refractivity contribution in [2.75, 3.05) is 13.2 Å². The van der Waals surface area contributed by atoms with Gasteiger partial charge in [-0.15, -0.1) is 0 Å². The number of hydrogen-bond donors (Lipinski definition) is 2. The normalized spacial score (nSPS) is 13.8. The molecule has 0 aromatic heterocycles. The van der Waals surface area contributed by atoms with Crippen LogP contribution in [0.25, 0.3) is 0 Å². The monoisotopic (exact) mass is 657 g/mol. The second-order valence-electron chi connectivity index (χ2n) is 12.6. The van der Waals surface area contributed by atoms with E-state index in [1.807, 2.05) is 12.2 Å². The summed E-state index contributed by atoms with van der Waals surface area (Å²) in [5, 5.41) is 20.0. The summed E-state index contributed by atoms with van der Waals surface area (Å²) in [5.41, 5.74) is 0. The third-order valence-corrected chi connectivity index (χ3v) is 7.50. The zero-order valence-electron chi connectivity index (χ0n) is 30.0. The minimum absolute atomic E-state index is 0.0297. The molecule has 0 fully saturated rings. The average Bonchev–Trinajstić information content (AvgIpc) is 3.05. The Balaban J connectivity index is 3.73. The fourth-order valence-electron chi connectivity index (χ4n) is 4.67. The van der Waals surface area contributed by atoms with E-state index in [0.717, 1.165) is 57.3 Å². The molecule has 0 saturated carbocycles. The number of hydrogen-bond acceptors (Lipinski definition) is 6. The van der Waals surface area contributed by atoms with Crippen molar-refractivity contribution in [2.24, 2.45) is 5.92 Å². The Morgan fingerprint density at radius 3 is 1.51 bits per heavy atom. The van der Waals surface area contributed by atoms with Gasteiger partial charge in [-0.25, -0.2) is 0 Å². The molecule has 0 aliphatic carbocycles. The lowest BCUT2D eigenvalue weighted by molar-refractivity contribution is -0.152. The molecule has 1 unspecified atom stereocenters. The minimum Gasteiger partial charge on any atom is -0.463 e. The van der Waals surface area contributed by atoms with E-state index in [9.17, 15) is 19.8 Å². The number of esters is 2. The molecule has 6 nitrogen and oxygen atoms in total. The predicted octanol–water partition coefficient (Wildman–Crippen LogP) is 10.2. The lowest BCUT2D eigenvalue weighted by Crippen LogP contribution is -2.25. The van der Waals surface area contributed by atoms with Gasteiger partial charge in [-0.05, 0) is 50.9 Å². The van der Waals surface area contributed by atoms with Gasteiger partial charge in [0.2, 0.25) is 0 Å². The van der Waals surface area contributed by atoms with Gasteiger partial charge in [0.25, 0.3) is 0 Å². The number of unbranched alkanes of at least 4 members (excludes halogenated alkanes) is 9. The van der Waals surface area contributed by atoms with E-state index in [2.05, 4.69) is 69.4 Å². The van der Waals surface area contributed by atoms with Crippen molar-refractivity contribution in [3.63, 3.8) is 0 Å². The Morgan fingerprint density at radius 2 is 1.00 bits per heavy atom. The van der Waals surface area contributed by atoms with Crippen molar-refractivity contribution in [1.29, 1.82) is 0 Å². The second kappa shape index (κ2) is 34.6. The summed E-state index contributed by atoms with van der Waals surface area (Å²) < 4.78 is 10.2. The molecule has 47 heavy (non-hydrogen) atoms. The first-order valence-electron chi connectivity index (χ1n) is 18.5. The Hall–Kier alpha value is -2.70. The maximum absolute atomic E-state index is 12.0. The summed E-state index contributed by atoms with van der Waals surface area (Å²) in [5.74, 6) is -0.0302. The molecule has 0 saturated heterocycles. The summed E-state index contributed by atoms with van der Waals surface area (Å²) in [6, 6.07) is 0. The van der Waals surface area contributed by atoms with Crippen LogP contribution in [0.3, 0.4) is 0 Å². The van der Waals surface area contributed by atoms with Crippen LogP contribution in [0.15, 0.2) is 72.9 Å². The van der Waals surface area contributed by atoms with Gasteiger partial charge in [0, 0.05) is 12.8 Å². The van der Waals surface area contributed by atoms with E-state index in [0.29, 0.717) is 6.42 Å². The van der Waals surface area contributed by atoms with Gasteiger partial charge >= 0.3 is 11.9 Å². The van der Waals surface area contributed by atoms with Crippen LogP contribution in [-0.4, -0.2) is 47.6 Å². The highest BCUT2D eigenvalue weighted by Gasteiger charge is 2.13. The van der Waals surface area contributed by atoms with E-state index >= 15 is 0 Å². The highest BCUT2D eigenvalue weighted by molar-refractivity contribution is 5.69. The molecule has 6 heteroatoms. The van der Waals surface area contributed by atoms with Gasteiger partial charge in [-0.1, -0.05) is 158 Å². The summed E-state index contributed by atoms with van der Waals surface area (Å²) in [6.45, 7) is 6.27. The number of aliphatic hydroxyl groups excluding tert-OH is 2. The van der Waals surface area contributed by atoms with E-state index in [4.69, 9.17) is 9.47 Å². The molecular weight excluding hydrogens is 588 g/mol. The van der Waals surface area contributed by atoms with Crippen LogP contribution in [0.5, 0.6) is 0 Å². The topological polar surface area (TPSA) is 93.1 Å². The van der Waals surface area contributed by atoms with E-state index < -0.39 is 18.2 Å². The zero-order valence-corrected chi connectivity index (χ0v) is 30.0. The number of rotatable bonds is 31. The Labute approximate surface area is 287 Å². The predicted molar refractivity (Wildman–Crippen MR) is 197 cm³/mol. The largest absolute Gasteiger partial charge is 0.463 e. The van der Waals surface area contributed by atoms with Gasteiger partial charge in [0.15, 0.2) is 0 Å². The summed E-state index contributed by atoms with van der Waals surface area (Å²) in [7, 11) is 0. The Bertz CT molecular complexity index is 911. The summed E-state index contributed by atoms with van der Waals surface area (Å²) in [6.07, 6.45) is 41.5. The number of ether oxygens (including phenoxy) is 2. The standard InChI is InChI=1S/C41H68O6/c1-4-5-6-7-8-9-10-11-12-13-14-15-19-22-25-28-31-38(42)33-34-41(45)47-36-39(43)35-46-40(44)32-29-26-23-20-17-16-18-21-24-27-30-37(2)3/h5-6,8-9,11-12,14-15,22,25,28,31,37-39,42-43H,4,7,10,13,16-21,23-24,26-27,29-30,32-36H2,1-3H3/b6-5-,9-8-,12-11-,15-14-,25-22-,31-28-/t38?,39-/m0/s1. The fourth-order valence-corrected chi connectivity index (χ4v) is 4.67. The summed E-state index contributed by atoms with van der Waals surface area (Å²) in [4.78, 5) is 23.9. The maximum Gasteiger partial charge on any atom is 0.305 e. The number of aliphatic hydroxyl groups is 2. The third-order valence-electron chi connectivity index (χ3n) is 7.50. The van der Waals surface area contributed by atoms with Crippen LogP contribution in [0.2, 0.25) is 0 Å². The van der Waals surface area contributed by atoms with Crippen LogP contribution in [0.4, 0.5) is 0 Å². The number of allylic oxidation sites excluding steroid dienone is 11. The first kappa shape index (κ1) is 44.3. The van der Waals surface area contributed by atoms with Gasteiger partial charge in [-0.2, -0.15) is 0 Å². The molecule has 0 heterocycles. The molecule has 0 aliphatic rings. The first-order chi connectivity index (χ1) is 22.8. The highest BCUT2D eigenvalue weighted by Crippen LogP contribution is 2.14. The van der Waals surface area contributed by atoms with Crippen molar-refractivity contribution >= 4 is 11.9 Å².